The van der Waals surface area contributed by atoms with Crippen LogP contribution in [0.25, 0.3) is 0 Å². The van der Waals surface area contributed by atoms with Crippen LogP contribution in [-0.4, -0.2) is 22.9 Å². The minimum Gasteiger partial charge on any atom is -0.481 e. The van der Waals surface area contributed by atoms with E-state index in [-0.39, 0.29) is 18.2 Å². The summed E-state index contributed by atoms with van der Waals surface area (Å²) >= 11 is 0. The Balaban J connectivity index is 1.62. The molecule has 1 aliphatic rings. The van der Waals surface area contributed by atoms with Crippen LogP contribution in [0.5, 0.6) is 0 Å². The molecular formula is C23H26N2O4. The van der Waals surface area contributed by atoms with Crippen molar-refractivity contribution >= 4 is 29.2 Å². The van der Waals surface area contributed by atoms with Crippen molar-refractivity contribution in [1.82, 2.24) is 0 Å². The molecule has 2 amide bonds. The van der Waals surface area contributed by atoms with Gasteiger partial charge in [0.05, 0.1) is 18.3 Å². The highest BCUT2D eigenvalue weighted by Gasteiger charge is 2.35. The summed E-state index contributed by atoms with van der Waals surface area (Å²) < 4.78 is 0. The molecule has 0 unspecified atom stereocenters. The average molecular weight is 394 g/mol. The maximum atomic E-state index is 12.6. The fraction of sp³-hybridized carbons (Fsp3) is 0.348. The maximum Gasteiger partial charge on any atom is 0.307 e. The van der Waals surface area contributed by atoms with E-state index in [1.165, 1.54) is 0 Å². The first kappa shape index (κ1) is 20.6. The third-order valence-electron chi connectivity index (χ3n) is 5.40. The average Bonchev–Trinajstić information content (AvgIpc) is 2.70. The van der Waals surface area contributed by atoms with Crippen LogP contribution >= 0.6 is 0 Å². The number of rotatable bonds is 6. The van der Waals surface area contributed by atoms with Crippen molar-refractivity contribution in [1.29, 1.82) is 0 Å². The van der Waals surface area contributed by atoms with Gasteiger partial charge in [0.15, 0.2) is 0 Å². The number of aliphatic carboxylic acids is 1. The lowest BCUT2D eigenvalue weighted by molar-refractivity contribution is -0.147. The van der Waals surface area contributed by atoms with Gasteiger partial charge in [0.1, 0.15) is 0 Å². The van der Waals surface area contributed by atoms with E-state index in [0.29, 0.717) is 24.2 Å². The lowest BCUT2D eigenvalue weighted by atomic mass is 9.78. The van der Waals surface area contributed by atoms with E-state index in [9.17, 15) is 19.5 Å². The molecule has 3 N–H and O–H groups in total. The molecule has 0 aromatic heterocycles. The lowest BCUT2D eigenvalue weighted by Gasteiger charge is -2.27. The molecule has 0 heterocycles. The summed E-state index contributed by atoms with van der Waals surface area (Å²) in [6, 6.07) is 14.8. The number of carboxylic acids is 1. The van der Waals surface area contributed by atoms with Gasteiger partial charge >= 0.3 is 5.97 Å². The highest BCUT2D eigenvalue weighted by molar-refractivity contribution is 5.96. The van der Waals surface area contributed by atoms with Crippen molar-refractivity contribution in [3.05, 3.63) is 59.7 Å². The van der Waals surface area contributed by atoms with Gasteiger partial charge in [0.25, 0.3) is 0 Å². The normalized spacial score (nSPS) is 18.7. The summed E-state index contributed by atoms with van der Waals surface area (Å²) in [6.07, 6.45) is 3.13. The van der Waals surface area contributed by atoms with Crippen molar-refractivity contribution in [2.75, 3.05) is 10.6 Å². The van der Waals surface area contributed by atoms with E-state index in [2.05, 4.69) is 10.6 Å². The zero-order valence-corrected chi connectivity index (χ0v) is 16.5. The molecule has 0 radical (unpaired) electrons. The molecule has 2 aromatic rings. The first-order chi connectivity index (χ1) is 13.9. The number of nitrogens with one attached hydrogen (secondary N) is 2. The number of hydrogen-bond donors (Lipinski definition) is 3. The molecule has 2 atom stereocenters. The number of carbonyl (C=O) groups is 3. The van der Waals surface area contributed by atoms with E-state index >= 15 is 0 Å². The largest absolute Gasteiger partial charge is 0.481 e. The van der Waals surface area contributed by atoms with Gasteiger partial charge in [0.2, 0.25) is 11.8 Å². The quantitative estimate of drug-likeness (QED) is 0.690. The summed E-state index contributed by atoms with van der Waals surface area (Å²) in [6.45, 7) is 1.86. The molecule has 0 saturated heterocycles. The number of aryl methyl sites for hydroxylation is 1. The highest BCUT2D eigenvalue weighted by atomic mass is 16.4. The van der Waals surface area contributed by atoms with Crippen molar-refractivity contribution in [3.8, 4) is 0 Å². The smallest absolute Gasteiger partial charge is 0.307 e. The zero-order valence-electron chi connectivity index (χ0n) is 16.5. The lowest BCUT2D eigenvalue weighted by Crippen LogP contribution is -2.36. The fourth-order valence-corrected chi connectivity index (χ4v) is 3.83. The first-order valence-electron chi connectivity index (χ1n) is 9.92. The number of carboxylic acid groups (broad SMARTS) is 1. The summed E-state index contributed by atoms with van der Waals surface area (Å²) in [4.78, 5) is 36.3. The topological polar surface area (TPSA) is 95.5 Å². The minimum absolute atomic E-state index is 0.109. The molecule has 1 fully saturated rings. The van der Waals surface area contributed by atoms with Crippen LogP contribution in [0.15, 0.2) is 48.5 Å². The van der Waals surface area contributed by atoms with Crippen LogP contribution in [0, 0.1) is 18.8 Å². The fourth-order valence-electron chi connectivity index (χ4n) is 3.83. The molecule has 152 valence electrons. The molecule has 1 aliphatic carbocycles. The minimum atomic E-state index is -0.905. The number of amides is 2. The van der Waals surface area contributed by atoms with Crippen molar-refractivity contribution < 1.29 is 19.5 Å². The molecule has 29 heavy (non-hydrogen) atoms. The Hall–Kier alpha value is -3.15. The van der Waals surface area contributed by atoms with E-state index in [0.717, 1.165) is 24.0 Å². The molecule has 2 aromatic carbocycles. The standard InChI is InChI=1S/C23H26N2O4/c1-15-13-17(24-22(27)18-9-5-6-10-19(18)23(28)29)11-12-20(15)25-21(26)14-16-7-3-2-4-8-16/h2-4,7-8,11-13,18-19H,5-6,9-10,14H2,1H3,(H,24,27)(H,25,26)(H,28,29)/t18-,19-/m1/s1. The van der Waals surface area contributed by atoms with Gasteiger partial charge in [0, 0.05) is 11.4 Å². The van der Waals surface area contributed by atoms with E-state index in [1.54, 1.807) is 18.2 Å². The van der Waals surface area contributed by atoms with Gasteiger partial charge in [-0.15, -0.1) is 0 Å². The summed E-state index contributed by atoms with van der Waals surface area (Å²) in [5, 5.41) is 15.1. The van der Waals surface area contributed by atoms with Gasteiger partial charge < -0.3 is 15.7 Å². The predicted octanol–water partition coefficient (Wildman–Crippen LogP) is 4.01. The van der Waals surface area contributed by atoms with Crippen LogP contribution in [0.1, 0.15) is 36.8 Å². The summed E-state index contributed by atoms with van der Waals surface area (Å²) in [5.74, 6) is -2.40. The van der Waals surface area contributed by atoms with Gasteiger partial charge in [-0.3, -0.25) is 14.4 Å². The van der Waals surface area contributed by atoms with Crippen LogP contribution in [0.3, 0.4) is 0 Å². The monoisotopic (exact) mass is 394 g/mol. The second-order valence-corrected chi connectivity index (χ2v) is 7.57. The number of hydrogen-bond acceptors (Lipinski definition) is 3. The molecule has 6 nitrogen and oxygen atoms in total. The third-order valence-corrected chi connectivity index (χ3v) is 5.40. The van der Waals surface area contributed by atoms with Crippen LogP contribution in [0.2, 0.25) is 0 Å². The van der Waals surface area contributed by atoms with Crippen molar-refractivity contribution in [3.63, 3.8) is 0 Å². The molecule has 3 rings (SSSR count). The molecule has 0 bridgehead atoms. The highest BCUT2D eigenvalue weighted by Crippen LogP contribution is 2.31. The Bertz CT molecular complexity index is 895. The van der Waals surface area contributed by atoms with Gasteiger partial charge in [-0.1, -0.05) is 43.2 Å². The maximum absolute atomic E-state index is 12.6. The second-order valence-electron chi connectivity index (χ2n) is 7.57. The molecule has 1 saturated carbocycles. The van der Waals surface area contributed by atoms with Crippen LogP contribution < -0.4 is 10.6 Å². The zero-order chi connectivity index (χ0) is 20.8. The first-order valence-corrected chi connectivity index (χ1v) is 9.92. The van der Waals surface area contributed by atoms with Crippen molar-refractivity contribution in [2.45, 2.75) is 39.0 Å². The Kier molecular flexibility index (Phi) is 6.65. The Morgan fingerprint density at radius 1 is 0.966 bits per heavy atom. The van der Waals surface area contributed by atoms with E-state index < -0.39 is 17.8 Å². The number of benzene rings is 2. The second kappa shape index (κ2) is 9.37. The molecule has 6 heteroatoms. The Labute approximate surface area is 170 Å². The molecular weight excluding hydrogens is 368 g/mol. The number of carbonyl (C=O) groups excluding carboxylic acids is 2. The van der Waals surface area contributed by atoms with E-state index in [1.807, 2.05) is 37.3 Å². The van der Waals surface area contributed by atoms with Crippen molar-refractivity contribution in [2.24, 2.45) is 11.8 Å². The third kappa shape index (κ3) is 5.44. The van der Waals surface area contributed by atoms with Crippen LogP contribution in [0.4, 0.5) is 11.4 Å². The predicted molar refractivity (Wildman–Crippen MR) is 112 cm³/mol. The van der Waals surface area contributed by atoms with Crippen LogP contribution in [-0.2, 0) is 20.8 Å². The summed E-state index contributed by atoms with van der Waals surface area (Å²) in [5.41, 5.74) is 3.04. The van der Waals surface area contributed by atoms with Gasteiger partial charge in [-0.25, -0.2) is 0 Å². The Morgan fingerprint density at radius 3 is 2.31 bits per heavy atom. The molecule has 0 aliphatic heterocycles. The van der Waals surface area contributed by atoms with Gasteiger partial charge in [-0.2, -0.15) is 0 Å². The SMILES string of the molecule is Cc1cc(NC(=O)[C@@H]2CCCC[C@H]2C(=O)O)ccc1NC(=O)Cc1ccccc1. The van der Waals surface area contributed by atoms with E-state index in [4.69, 9.17) is 0 Å². The molecule has 0 spiro atoms. The Morgan fingerprint density at radius 2 is 1.66 bits per heavy atom. The summed E-state index contributed by atoms with van der Waals surface area (Å²) in [7, 11) is 0. The number of anilines is 2. The van der Waals surface area contributed by atoms with Gasteiger partial charge in [-0.05, 0) is 49.1 Å².